The summed E-state index contributed by atoms with van der Waals surface area (Å²) in [6.07, 6.45) is 6.20. The Morgan fingerprint density at radius 2 is 1.94 bits per heavy atom. The van der Waals surface area contributed by atoms with Crippen molar-refractivity contribution in [2.45, 2.75) is 43.9 Å². The number of hydrogen-bond acceptors (Lipinski definition) is 1. The molecule has 0 aliphatic heterocycles. The molecular formula is C15H20BrFO. The van der Waals surface area contributed by atoms with Crippen molar-refractivity contribution in [3.63, 3.8) is 0 Å². The lowest BCUT2D eigenvalue weighted by molar-refractivity contribution is 0.210. The highest BCUT2D eigenvalue weighted by Crippen LogP contribution is 2.52. The molecule has 0 N–H and O–H groups in total. The molecule has 1 atom stereocenters. The molecule has 2 rings (SSSR count). The average Bonchev–Trinajstić information content (AvgIpc) is 2.38. The molecular weight excluding hydrogens is 295 g/mol. The van der Waals surface area contributed by atoms with Gasteiger partial charge in [-0.3, -0.25) is 0 Å². The summed E-state index contributed by atoms with van der Waals surface area (Å²) in [5.41, 5.74) is 1.13. The van der Waals surface area contributed by atoms with Crippen molar-refractivity contribution in [3.05, 3.63) is 29.6 Å². The molecule has 0 heterocycles. The minimum Gasteiger partial charge on any atom is -0.496 e. The van der Waals surface area contributed by atoms with Crippen molar-refractivity contribution in [1.29, 1.82) is 0 Å². The van der Waals surface area contributed by atoms with Gasteiger partial charge in [0.2, 0.25) is 0 Å². The van der Waals surface area contributed by atoms with Crippen LogP contribution in [0.25, 0.3) is 0 Å². The van der Waals surface area contributed by atoms with E-state index in [0.29, 0.717) is 0 Å². The molecule has 0 radical (unpaired) electrons. The Morgan fingerprint density at radius 1 is 1.28 bits per heavy atom. The Labute approximate surface area is 117 Å². The van der Waals surface area contributed by atoms with Crippen molar-refractivity contribution in [1.82, 2.24) is 0 Å². The van der Waals surface area contributed by atoms with Gasteiger partial charge in [-0.2, -0.15) is 0 Å². The topological polar surface area (TPSA) is 9.23 Å². The van der Waals surface area contributed by atoms with E-state index in [1.807, 2.05) is 0 Å². The molecule has 1 saturated carbocycles. The zero-order chi connectivity index (χ0) is 13.2. The Bertz CT molecular complexity index is 413. The highest BCUT2D eigenvalue weighted by atomic mass is 79.9. The Balaban J connectivity index is 2.32. The zero-order valence-electron chi connectivity index (χ0n) is 11.0. The van der Waals surface area contributed by atoms with E-state index in [-0.39, 0.29) is 16.1 Å². The predicted octanol–water partition coefficient (Wildman–Crippen LogP) is 5.24. The number of benzene rings is 1. The fraction of sp³-hybridized carbons (Fsp3) is 0.600. The lowest BCUT2D eigenvalue weighted by Gasteiger charge is -2.38. The molecule has 1 aromatic carbocycles. The third-order valence-corrected chi connectivity index (χ3v) is 5.67. The quantitative estimate of drug-likeness (QED) is 0.693. The Hall–Kier alpha value is -0.570. The molecule has 3 heteroatoms. The first kappa shape index (κ1) is 13.9. The van der Waals surface area contributed by atoms with Gasteiger partial charge in [0, 0.05) is 10.4 Å². The van der Waals surface area contributed by atoms with Crippen molar-refractivity contribution < 1.29 is 9.13 Å². The summed E-state index contributed by atoms with van der Waals surface area (Å²) in [4.78, 5) is 0.149. The SMILES string of the molecule is COc1ccc(F)cc1C(Br)C1(C)CCCCC1. The maximum atomic E-state index is 13.5. The van der Waals surface area contributed by atoms with E-state index in [4.69, 9.17) is 4.74 Å². The van der Waals surface area contributed by atoms with Crippen LogP contribution < -0.4 is 4.74 Å². The molecule has 1 fully saturated rings. The molecule has 0 spiro atoms. The molecule has 0 bridgehead atoms. The maximum absolute atomic E-state index is 13.5. The summed E-state index contributed by atoms with van der Waals surface area (Å²) >= 11 is 3.78. The van der Waals surface area contributed by atoms with Gasteiger partial charge < -0.3 is 4.74 Å². The molecule has 1 aliphatic carbocycles. The summed E-state index contributed by atoms with van der Waals surface area (Å²) in [5, 5.41) is 0. The number of halogens is 2. The normalized spacial score (nSPS) is 20.4. The van der Waals surface area contributed by atoms with Crippen LogP contribution >= 0.6 is 15.9 Å². The summed E-state index contributed by atoms with van der Waals surface area (Å²) in [5.74, 6) is 0.569. The molecule has 18 heavy (non-hydrogen) atoms. The van der Waals surface area contributed by atoms with Gasteiger partial charge in [-0.25, -0.2) is 4.39 Å². The molecule has 1 aliphatic rings. The van der Waals surface area contributed by atoms with Gasteiger partial charge in [-0.1, -0.05) is 42.1 Å². The molecule has 0 amide bonds. The maximum Gasteiger partial charge on any atom is 0.123 e. The van der Waals surface area contributed by atoms with E-state index in [0.717, 1.165) is 11.3 Å². The largest absolute Gasteiger partial charge is 0.496 e. The highest BCUT2D eigenvalue weighted by molar-refractivity contribution is 9.09. The smallest absolute Gasteiger partial charge is 0.123 e. The van der Waals surface area contributed by atoms with Crippen LogP contribution in [0.1, 0.15) is 49.4 Å². The molecule has 1 nitrogen and oxygen atoms in total. The third-order valence-electron chi connectivity index (χ3n) is 4.07. The van der Waals surface area contributed by atoms with E-state index >= 15 is 0 Å². The second-order valence-corrected chi connectivity index (χ2v) is 6.38. The summed E-state index contributed by atoms with van der Waals surface area (Å²) in [6, 6.07) is 4.76. The van der Waals surface area contributed by atoms with Crippen LogP contribution in [0, 0.1) is 11.2 Å². The van der Waals surface area contributed by atoms with Gasteiger partial charge in [0.15, 0.2) is 0 Å². The molecule has 100 valence electrons. The minimum absolute atomic E-state index is 0.149. The van der Waals surface area contributed by atoms with Crippen molar-refractivity contribution in [3.8, 4) is 5.75 Å². The van der Waals surface area contributed by atoms with Crippen LogP contribution in [0.4, 0.5) is 4.39 Å². The van der Waals surface area contributed by atoms with Gasteiger partial charge in [0.1, 0.15) is 11.6 Å². The second-order valence-electron chi connectivity index (χ2n) is 5.46. The number of alkyl halides is 1. The fourth-order valence-corrected chi connectivity index (χ4v) is 3.71. The van der Waals surface area contributed by atoms with E-state index in [1.54, 1.807) is 19.2 Å². The first-order valence-electron chi connectivity index (χ1n) is 6.54. The first-order chi connectivity index (χ1) is 8.57. The van der Waals surface area contributed by atoms with E-state index in [1.165, 1.54) is 38.2 Å². The highest BCUT2D eigenvalue weighted by Gasteiger charge is 2.36. The standard InChI is InChI=1S/C15H20BrFO/c1-15(8-4-3-5-9-15)14(16)12-10-11(17)6-7-13(12)18-2/h6-7,10,14H,3-5,8-9H2,1-2H3. The van der Waals surface area contributed by atoms with Crippen molar-refractivity contribution >= 4 is 15.9 Å². The minimum atomic E-state index is -0.199. The van der Waals surface area contributed by atoms with Gasteiger partial charge in [0.05, 0.1) is 7.11 Å². The monoisotopic (exact) mass is 314 g/mol. The van der Waals surface area contributed by atoms with E-state index in [9.17, 15) is 4.39 Å². The van der Waals surface area contributed by atoms with E-state index in [2.05, 4.69) is 22.9 Å². The number of rotatable bonds is 3. The van der Waals surface area contributed by atoms with Crippen LogP contribution in [0.3, 0.4) is 0 Å². The molecule has 0 saturated heterocycles. The molecule has 0 aromatic heterocycles. The van der Waals surface area contributed by atoms with E-state index < -0.39 is 0 Å². The van der Waals surface area contributed by atoms with Crippen LogP contribution in [0.15, 0.2) is 18.2 Å². The van der Waals surface area contributed by atoms with Crippen LogP contribution in [0.2, 0.25) is 0 Å². The van der Waals surface area contributed by atoms with Crippen molar-refractivity contribution in [2.75, 3.05) is 7.11 Å². The molecule has 1 aromatic rings. The lowest BCUT2D eigenvalue weighted by atomic mass is 9.72. The van der Waals surface area contributed by atoms with Crippen LogP contribution in [-0.4, -0.2) is 7.11 Å². The Kier molecular flexibility index (Phi) is 4.31. The van der Waals surface area contributed by atoms with Crippen LogP contribution in [0.5, 0.6) is 5.75 Å². The predicted molar refractivity (Wildman–Crippen MR) is 75.8 cm³/mol. The van der Waals surface area contributed by atoms with Gasteiger partial charge in [0.25, 0.3) is 0 Å². The Morgan fingerprint density at radius 3 is 2.56 bits per heavy atom. The summed E-state index contributed by atoms with van der Waals surface area (Å²) in [7, 11) is 1.64. The summed E-state index contributed by atoms with van der Waals surface area (Å²) in [6.45, 7) is 2.29. The first-order valence-corrected chi connectivity index (χ1v) is 7.46. The average molecular weight is 315 g/mol. The third kappa shape index (κ3) is 2.71. The van der Waals surface area contributed by atoms with Gasteiger partial charge >= 0.3 is 0 Å². The van der Waals surface area contributed by atoms with Crippen LogP contribution in [-0.2, 0) is 0 Å². The van der Waals surface area contributed by atoms with Crippen molar-refractivity contribution in [2.24, 2.45) is 5.41 Å². The number of hydrogen-bond donors (Lipinski definition) is 0. The summed E-state index contributed by atoms with van der Waals surface area (Å²) < 4.78 is 18.8. The number of ether oxygens (including phenoxy) is 1. The molecule has 1 unspecified atom stereocenters. The van der Waals surface area contributed by atoms with Gasteiger partial charge in [-0.05, 0) is 36.5 Å². The fourth-order valence-electron chi connectivity index (χ4n) is 2.89. The second kappa shape index (κ2) is 5.60. The van der Waals surface area contributed by atoms with Gasteiger partial charge in [-0.15, -0.1) is 0 Å². The zero-order valence-corrected chi connectivity index (χ0v) is 12.6. The lowest BCUT2D eigenvalue weighted by Crippen LogP contribution is -2.25. The number of methoxy groups -OCH3 is 1.